The summed E-state index contributed by atoms with van der Waals surface area (Å²) in [4.78, 5) is 12.9. The molecule has 3 unspecified atom stereocenters. The second kappa shape index (κ2) is 5.49. The van der Waals surface area contributed by atoms with Gasteiger partial charge in [0.2, 0.25) is 0 Å². The summed E-state index contributed by atoms with van der Waals surface area (Å²) in [7, 11) is 0. The van der Waals surface area contributed by atoms with Crippen LogP contribution >= 0.6 is 0 Å². The van der Waals surface area contributed by atoms with Crippen LogP contribution in [0.5, 0.6) is 5.75 Å². The van der Waals surface area contributed by atoms with Crippen molar-refractivity contribution in [3.05, 3.63) is 41.7 Å². The lowest BCUT2D eigenvalue weighted by Crippen LogP contribution is -2.40. The summed E-state index contributed by atoms with van der Waals surface area (Å²) in [5.74, 6) is 0.809. The Bertz CT molecular complexity index is 744. The Morgan fingerprint density at radius 3 is 2.92 bits per heavy atom. The number of fused-ring (bicyclic) bond motifs is 2. The Balaban J connectivity index is 1.64. The summed E-state index contributed by atoms with van der Waals surface area (Å²) in [6.45, 7) is 4.03. The van der Waals surface area contributed by atoms with Gasteiger partial charge in [-0.25, -0.2) is 0 Å². The van der Waals surface area contributed by atoms with Gasteiger partial charge < -0.3 is 14.6 Å². The number of ether oxygens (including phenoxy) is 2. The molecule has 2 heterocycles. The topological polar surface area (TPSA) is 55.8 Å². The Hall–Kier alpha value is -2.07. The molecular weight excluding hydrogens is 304 g/mol. The third-order valence-corrected chi connectivity index (χ3v) is 5.09. The van der Waals surface area contributed by atoms with Crippen molar-refractivity contribution >= 4 is 17.4 Å². The number of hydrogen-bond donors (Lipinski definition) is 1. The largest absolute Gasteiger partial charge is 0.496 e. The number of carbonyl (C=O) groups is 1. The van der Waals surface area contributed by atoms with Gasteiger partial charge in [-0.05, 0) is 50.5 Å². The summed E-state index contributed by atoms with van der Waals surface area (Å²) in [5, 5.41) is 9.76. The molecule has 0 radical (unpaired) electrons. The highest BCUT2D eigenvalue weighted by Crippen LogP contribution is 2.38. The van der Waals surface area contributed by atoms with E-state index in [4.69, 9.17) is 9.47 Å². The molecule has 1 saturated carbocycles. The van der Waals surface area contributed by atoms with Crippen molar-refractivity contribution in [1.82, 2.24) is 0 Å². The molecule has 4 heteroatoms. The van der Waals surface area contributed by atoms with Crippen molar-refractivity contribution in [2.45, 2.75) is 50.9 Å². The van der Waals surface area contributed by atoms with Gasteiger partial charge in [0, 0.05) is 12.0 Å². The molecule has 4 nitrogen and oxygen atoms in total. The number of aliphatic hydroxyl groups excluding tert-OH is 1. The van der Waals surface area contributed by atoms with Gasteiger partial charge in [-0.1, -0.05) is 12.1 Å². The van der Waals surface area contributed by atoms with Gasteiger partial charge in [0.1, 0.15) is 17.5 Å². The minimum atomic E-state index is -0.358. The van der Waals surface area contributed by atoms with Crippen LogP contribution < -0.4 is 4.74 Å². The number of benzene rings is 1. The number of Topliss-reactive ketones (excluding diaryl/α,β-unsaturated/α-hetero) is 1. The Kier molecular flexibility index (Phi) is 3.53. The van der Waals surface area contributed by atoms with E-state index >= 15 is 0 Å². The zero-order chi connectivity index (χ0) is 16.9. The lowest BCUT2D eigenvalue weighted by atomic mass is 9.78. The van der Waals surface area contributed by atoms with Crippen LogP contribution in [0.3, 0.4) is 0 Å². The minimum Gasteiger partial charge on any atom is -0.496 e. The first-order valence-electron chi connectivity index (χ1n) is 8.53. The molecule has 3 aliphatic rings. The lowest BCUT2D eigenvalue weighted by molar-refractivity contribution is -0.126. The monoisotopic (exact) mass is 326 g/mol. The van der Waals surface area contributed by atoms with Crippen LogP contribution in [0.15, 0.2) is 30.5 Å². The zero-order valence-electron chi connectivity index (χ0n) is 14.0. The first-order valence-corrected chi connectivity index (χ1v) is 8.53. The molecule has 1 aromatic carbocycles. The second-order valence-electron chi connectivity index (χ2n) is 7.44. The molecule has 126 valence electrons. The molecule has 0 saturated heterocycles. The first kappa shape index (κ1) is 15.5. The number of ketones is 1. The second-order valence-corrected chi connectivity index (χ2v) is 7.44. The van der Waals surface area contributed by atoms with Gasteiger partial charge in [-0.2, -0.15) is 0 Å². The summed E-state index contributed by atoms with van der Waals surface area (Å²) in [6.07, 6.45) is 6.97. The number of aliphatic hydroxyl groups is 1. The smallest absolute Gasteiger partial charge is 0.173 e. The maximum Gasteiger partial charge on any atom is 0.173 e. The molecular formula is C20H22O4. The predicted octanol–water partition coefficient (Wildman–Crippen LogP) is 3.34. The standard InChI is InChI=1S/C20H22O4/c1-20(2)8-7-13-9-12(3-6-17(13)24-20)16-11-23-18-10-14(21)4-5-15(18)19(16)22/h3,6-9,11,14-15,18,21H,4-5,10H2,1-2H3. The molecule has 0 bridgehead atoms. The quantitative estimate of drug-likeness (QED) is 0.860. The van der Waals surface area contributed by atoms with Crippen LogP contribution in [0.4, 0.5) is 0 Å². The average molecular weight is 326 g/mol. The molecule has 1 aliphatic carbocycles. The molecule has 2 aliphatic heterocycles. The van der Waals surface area contributed by atoms with E-state index in [0.717, 1.165) is 16.9 Å². The fourth-order valence-electron chi connectivity index (χ4n) is 3.73. The highest BCUT2D eigenvalue weighted by atomic mass is 16.5. The molecule has 3 atom stereocenters. The van der Waals surface area contributed by atoms with Gasteiger partial charge >= 0.3 is 0 Å². The van der Waals surface area contributed by atoms with Crippen molar-refractivity contribution in [2.24, 2.45) is 5.92 Å². The van der Waals surface area contributed by atoms with Crippen molar-refractivity contribution in [3.8, 4) is 5.75 Å². The van der Waals surface area contributed by atoms with Crippen molar-refractivity contribution < 1.29 is 19.4 Å². The van der Waals surface area contributed by atoms with E-state index in [1.54, 1.807) is 6.26 Å². The predicted molar refractivity (Wildman–Crippen MR) is 91.4 cm³/mol. The van der Waals surface area contributed by atoms with Crippen LogP contribution in [0, 0.1) is 5.92 Å². The van der Waals surface area contributed by atoms with Crippen LogP contribution in [0.2, 0.25) is 0 Å². The zero-order valence-corrected chi connectivity index (χ0v) is 14.0. The average Bonchev–Trinajstić information content (AvgIpc) is 2.54. The number of hydrogen-bond acceptors (Lipinski definition) is 4. The van der Waals surface area contributed by atoms with Crippen molar-refractivity contribution in [1.29, 1.82) is 0 Å². The number of rotatable bonds is 1. The van der Waals surface area contributed by atoms with Crippen molar-refractivity contribution in [3.63, 3.8) is 0 Å². The molecule has 24 heavy (non-hydrogen) atoms. The van der Waals surface area contributed by atoms with E-state index in [2.05, 4.69) is 0 Å². The van der Waals surface area contributed by atoms with Crippen LogP contribution in [-0.4, -0.2) is 28.7 Å². The number of carbonyl (C=O) groups excluding carboxylic acids is 1. The summed E-state index contributed by atoms with van der Waals surface area (Å²) in [5.41, 5.74) is 2.14. The molecule has 0 aromatic heterocycles. The lowest BCUT2D eigenvalue weighted by Gasteiger charge is -2.36. The van der Waals surface area contributed by atoms with E-state index in [1.807, 2.05) is 44.2 Å². The molecule has 0 spiro atoms. The summed E-state index contributed by atoms with van der Waals surface area (Å²) in [6, 6.07) is 5.81. The Morgan fingerprint density at radius 1 is 1.25 bits per heavy atom. The van der Waals surface area contributed by atoms with E-state index in [-0.39, 0.29) is 29.5 Å². The van der Waals surface area contributed by atoms with Gasteiger partial charge in [0.25, 0.3) is 0 Å². The number of allylic oxidation sites excluding steroid dienone is 1. The van der Waals surface area contributed by atoms with E-state index < -0.39 is 0 Å². The third kappa shape index (κ3) is 2.65. The molecule has 4 rings (SSSR count). The Labute approximate surface area is 141 Å². The van der Waals surface area contributed by atoms with Crippen LogP contribution in [0.1, 0.15) is 44.2 Å². The molecule has 1 N–H and O–H groups in total. The van der Waals surface area contributed by atoms with Gasteiger partial charge in [-0.3, -0.25) is 4.79 Å². The highest BCUT2D eigenvalue weighted by molar-refractivity contribution is 6.22. The maximum atomic E-state index is 12.9. The fourth-order valence-corrected chi connectivity index (χ4v) is 3.73. The van der Waals surface area contributed by atoms with E-state index in [1.165, 1.54) is 0 Å². The third-order valence-electron chi connectivity index (χ3n) is 5.09. The van der Waals surface area contributed by atoms with E-state index in [0.29, 0.717) is 24.8 Å². The minimum absolute atomic E-state index is 0.124. The van der Waals surface area contributed by atoms with Crippen LogP contribution in [-0.2, 0) is 9.53 Å². The fraction of sp³-hybridized carbons (Fsp3) is 0.450. The Morgan fingerprint density at radius 2 is 2.08 bits per heavy atom. The van der Waals surface area contributed by atoms with Gasteiger partial charge in [-0.15, -0.1) is 0 Å². The summed E-state index contributed by atoms with van der Waals surface area (Å²) < 4.78 is 11.7. The highest BCUT2D eigenvalue weighted by Gasteiger charge is 2.40. The van der Waals surface area contributed by atoms with E-state index in [9.17, 15) is 9.90 Å². The van der Waals surface area contributed by atoms with Gasteiger partial charge in [0.15, 0.2) is 5.78 Å². The summed E-state index contributed by atoms with van der Waals surface area (Å²) >= 11 is 0. The van der Waals surface area contributed by atoms with Crippen molar-refractivity contribution in [2.75, 3.05) is 0 Å². The maximum absolute atomic E-state index is 12.9. The molecule has 0 amide bonds. The molecule has 1 fully saturated rings. The first-order chi connectivity index (χ1) is 11.4. The SMILES string of the molecule is CC1(C)C=Cc2cc(C3=COC4CC(O)CCC4C3=O)ccc2O1. The van der Waals surface area contributed by atoms with Crippen LogP contribution in [0.25, 0.3) is 11.6 Å². The molecule has 1 aromatic rings. The van der Waals surface area contributed by atoms with Gasteiger partial charge in [0.05, 0.1) is 23.9 Å². The normalized spacial score (nSPS) is 30.5.